The number of methoxy groups -OCH3 is 1. The fourth-order valence-corrected chi connectivity index (χ4v) is 4.47. The molecule has 166 valence electrons. The minimum absolute atomic E-state index is 0.307. The molecule has 2 N–H and O–H groups in total. The van der Waals surface area contributed by atoms with Gasteiger partial charge in [-0.3, -0.25) is 9.89 Å². The molecule has 5 aromatic rings. The summed E-state index contributed by atoms with van der Waals surface area (Å²) in [6.45, 7) is 2.07. The van der Waals surface area contributed by atoms with Gasteiger partial charge in [0.05, 0.1) is 37.5 Å². The maximum Gasteiger partial charge on any atom is 0.348 e. The van der Waals surface area contributed by atoms with E-state index in [1.54, 1.807) is 38.6 Å². The molecule has 5 rings (SSSR count). The average Bonchev–Trinajstić information content (AvgIpc) is 3.55. The minimum Gasteiger partial charge on any atom is -0.496 e. The van der Waals surface area contributed by atoms with Crippen molar-refractivity contribution in [3.63, 3.8) is 0 Å². The summed E-state index contributed by atoms with van der Waals surface area (Å²) >= 11 is 1.33. The third-order valence-corrected chi connectivity index (χ3v) is 6.07. The number of rotatable bonds is 6. The van der Waals surface area contributed by atoms with Gasteiger partial charge in [0.2, 0.25) is 0 Å². The highest BCUT2D eigenvalue weighted by Crippen LogP contribution is 2.39. The van der Waals surface area contributed by atoms with E-state index in [9.17, 15) is 9.59 Å². The number of H-pyrrole nitrogens is 1. The minimum atomic E-state index is -0.369. The third kappa shape index (κ3) is 3.68. The summed E-state index contributed by atoms with van der Waals surface area (Å²) < 4.78 is 13.1. The SMILES string of the molecule is CCOC(=O)c1cc2cc(-c3[nH]ncc3NC(=O)c3cnn4cccnc34)c(OC)cc2s1. The lowest BCUT2D eigenvalue weighted by Gasteiger charge is -2.10. The summed E-state index contributed by atoms with van der Waals surface area (Å²) in [5.41, 5.74) is 2.50. The number of nitrogens with zero attached hydrogens (tertiary/aromatic N) is 4. The van der Waals surface area contributed by atoms with Crippen molar-refractivity contribution in [1.29, 1.82) is 0 Å². The van der Waals surface area contributed by atoms with Crippen molar-refractivity contribution >= 4 is 44.6 Å². The first-order chi connectivity index (χ1) is 16.1. The van der Waals surface area contributed by atoms with Gasteiger partial charge in [-0.2, -0.15) is 10.2 Å². The molecule has 0 radical (unpaired) electrons. The number of thiophene rings is 1. The molecule has 0 aliphatic heterocycles. The highest BCUT2D eigenvalue weighted by atomic mass is 32.1. The van der Waals surface area contributed by atoms with E-state index in [1.807, 2.05) is 12.1 Å². The highest BCUT2D eigenvalue weighted by Gasteiger charge is 2.20. The predicted molar refractivity (Wildman–Crippen MR) is 123 cm³/mol. The summed E-state index contributed by atoms with van der Waals surface area (Å²) in [6.07, 6.45) is 6.30. The van der Waals surface area contributed by atoms with Gasteiger partial charge in [0.15, 0.2) is 5.65 Å². The van der Waals surface area contributed by atoms with Crippen molar-refractivity contribution in [3.8, 4) is 17.0 Å². The van der Waals surface area contributed by atoms with Crippen molar-refractivity contribution < 1.29 is 19.1 Å². The van der Waals surface area contributed by atoms with E-state index < -0.39 is 0 Å². The molecule has 0 bridgehead atoms. The first-order valence-electron chi connectivity index (χ1n) is 10.0. The molecule has 4 aromatic heterocycles. The molecule has 0 unspecified atom stereocenters. The molecule has 0 fully saturated rings. The van der Waals surface area contributed by atoms with Crippen LogP contribution in [0.4, 0.5) is 5.69 Å². The molecule has 1 aromatic carbocycles. The van der Waals surface area contributed by atoms with E-state index in [1.165, 1.54) is 28.2 Å². The number of amides is 1. The quantitative estimate of drug-likeness (QED) is 0.368. The van der Waals surface area contributed by atoms with Gasteiger partial charge in [-0.25, -0.2) is 14.3 Å². The molecule has 0 saturated carbocycles. The van der Waals surface area contributed by atoms with Crippen LogP contribution in [0, 0.1) is 0 Å². The van der Waals surface area contributed by atoms with Crippen LogP contribution < -0.4 is 10.1 Å². The van der Waals surface area contributed by atoms with E-state index in [0.29, 0.717) is 45.4 Å². The molecular formula is C22H18N6O4S. The van der Waals surface area contributed by atoms with Crippen molar-refractivity contribution in [2.75, 3.05) is 19.0 Å². The van der Waals surface area contributed by atoms with Gasteiger partial charge >= 0.3 is 5.97 Å². The molecule has 0 saturated heterocycles. The molecule has 4 heterocycles. The maximum atomic E-state index is 13.0. The van der Waals surface area contributed by atoms with E-state index in [0.717, 1.165) is 10.1 Å². The Morgan fingerprint density at radius 1 is 1.24 bits per heavy atom. The van der Waals surface area contributed by atoms with Crippen LogP contribution in [0.3, 0.4) is 0 Å². The summed E-state index contributed by atoms with van der Waals surface area (Å²) in [7, 11) is 1.56. The average molecular weight is 462 g/mol. The van der Waals surface area contributed by atoms with Crippen LogP contribution in [0.15, 0.2) is 49.1 Å². The zero-order valence-corrected chi connectivity index (χ0v) is 18.5. The van der Waals surface area contributed by atoms with Crippen LogP contribution in [0.1, 0.15) is 27.0 Å². The smallest absolute Gasteiger partial charge is 0.348 e. The third-order valence-electron chi connectivity index (χ3n) is 5.00. The van der Waals surface area contributed by atoms with Gasteiger partial charge in [0.25, 0.3) is 5.91 Å². The number of hydrogen-bond acceptors (Lipinski definition) is 8. The zero-order chi connectivity index (χ0) is 22.9. The molecule has 0 aliphatic rings. The zero-order valence-electron chi connectivity index (χ0n) is 17.7. The van der Waals surface area contributed by atoms with Crippen molar-refractivity contribution in [2.24, 2.45) is 0 Å². The molecule has 0 atom stereocenters. The Morgan fingerprint density at radius 3 is 2.94 bits per heavy atom. The van der Waals surface area contributed by atoms with Crippen LogP contribution in [0.25, 0.3) is 27.0 Å². The summed E-state index contributed by atoms with van der Waals surface area (Å²) in [4.78, 5) is 29.8. The second kappa shape index (κ2) is 8.36. The van der Waals surface area contributed by atoms with E-state index >= 15 is 0 Å². The maximum absolute atomic E-state index is 13.0. The Kier molecular flexibility index (Phi) is 5.23. The number of anilines is 1. The van der Waals surface area contributed by atoms with Crippen LogP contribution in [-0.4, -0.2) is 50.4 Å². The fourth-order valence-electron chi connectivity index (χ4n) is 3.50. The molecular weight excluding hydrogens is 444 g/mol. The van der Waals surface area contributed by atoms with E-state index in [2.05, 4.69) is 25.6 Å². The molecule has 0 spiro atoms. The number of carbonyl (C=O) groups excluding carboxylic acids is 2. The molecule has 0 aliphatic carbocycles. The van der Waals surface area contributed by atoms with Gasteiger partial charge in [-0.1, -0.05) is 0 Å². The van der Waals surface area contributed by atoms with Crippen LogP contribution in [0.2, 0.25) is 0 Å². The van der Waals surface area contributed by atoms with Crippen LogP contribution in [0.5, 0.6) is 5.75 Å². The summed E-state index contributed by atoms with van der Waals surface area (Å²) in [6, 6.07) is 7.24. The normalized spacial score (nSPS) is 11.1. The number of ether oxygens (including phenoxy) is 2. The number of fused-ring (bicyclic) bond motifs is 2. The van der Waals surface area contributed by atoms with Crippen LogP contribution >= 0.6 is 11.3 Å². The standard InChI is InChI=1S/C22H18N6O4S/c1-3-32-22(30)18-8-12-7-13(16(31-2)9-17(12)33-18)19-15(11-24-27-19)26-21(29)14-10-25-28-6-4-5-23-20(14)28/h4-11H,3H2,1-2H3,(H,24,27)(H,26,29). The molecule has 11 heteroatoms. The summed E-state index contributed by atoms with van der Waals surface area (Å²) in [5.74, 6) is -0.167. The van der Waals surface area contributed by atoms with E-state index in [-0.39, 0.29) is 11.9 Å². The lowest BCUT2D eigenvalue weighted by atomic mass is 10.1. The Hall–Kier alpha value is -4.25. The monoisotopic (exact) mass is 462 g/mol. The molecule has 10 nitrogen and oxygen atoms in total. The summed E-state index contributed by atoms with van der Waals surface area (Å²) in [5, 5.41) is 14.9. The first kappa shape index (κ1) is 20.6. The number of carbonyl (C=O) groups is 2. The topological polar surface area (TPSA) is 124 Å². The number of aromatic amines is 1. The number of hydrogen-bond donors (Lipinski definition) is 2. The van der Waals surface area contributed by atoms with Crippen LogP contribution in [-0.2, 0) is 4.74 Å². The largest absolute Gasteiger partial charge is 0.496 e. The second-order valence-electron chi connectivity index (χ2n) is 6.98. The lowest BCUT2D eigenvalue weighted by molar-refractivity contribution is 0.0532. The Balaban J connectivity index is 1.51. The van der Waals surface area contributed by atoms with Crippen molar-refractivity contribution in [3.05, 3.63) is 59.5 Å². The predicted octanol–water partition coefficient (Wildman–Crippen LogP) is 3.77. The lowest BCUT2D eigenvalue weighted by Crippen LogP contribution is -2.12. The highest BCUT2D eigenvalue weighted by molar-refractivity contribution is 7.20. The number of aromatic nitrogens is 5. The Bertz CT molecular complexity index is 1500. The number of esters is 1. The molecule has 33 heavy (non-hydrogen) atoms. The van der Waals surface area contributed by atoms with Gasteiger partial charge < -0.3 is 14.8 Å². The Labute approximate surface area is 191 Å². The number of nitrogens with one attached hydrogen (secondary N) is 2. The molecule has 1 amide bonds. The van der Waals surface area contributed by atoms with Gasteiger partial charge in [-0.15, -0.1) is 11.3 Å². The van der Waals surface area contributed by atoms with E-state index in [4.69, 9.17) is 9.47 Å². The van der Waals surface area contributed by atoms with Gasteiger partial charge in [-0.05, 0) is 36.6 Å². The first-order valence-corrected chi connectivity index (χ1v) is 10.8. The fraction of sp³-hybridized carbons (Fsp3) is 0.136. The van der Waals surface area contributed by atoms with Gasteiger partial charge in [0.1, 0.15) is 16.2 Å². The second-order valence-corrected chi connectivity index (χ2v) is 8.06. The van der Waals surface area contributed by atoms with Crippen molar-refractivity contribution in [2.45, 2.75) is 6.92 Å². The van der Waals surface area contributed by atoms with Crippen molar-refractivity contribution in [1.82, 2.24) is 24.8 Å². The van der Waals surface area contributed by atoms with Gasteiger partial charge in [0, 0.05) is 22.7 Å². The Morgan fingerprint density at radius 2 is 2.12 bits per heavy atom. The number of benzene rings is 1.